The van der Waals surface area contributed by atoms with E-state index in [1.54, 1.807) is 24.3 Å². The Morgan fingerprint density at radius 1 is 1.33 bits per heavy atom. The van der Waals surface area contributed by atoms with Crippen molar-refractivity contribution in [3.8, 4) is 5.75 Å². The van der Waals surface area contributed by atoms with Gasteiger partial charge in [-0.05, 0) is 12.1 Å². The molecule has 0 unspecified atom stereocenters. The number of hydrogen-bond acceptors (Lipinski definition) is 4. The van der Waals surface area contributed by atoms with Crippen molar-refractivity contribution in [3.63, 3.8) is 0 Å². The van der Waals surface area contributed by atoms with Gasteiger partial charge in [-0.25, -0.2) is 0 Å². The first-order valence-electron chi connectivity index (χ1n) is 4.55. The molecule has 2 rings (SSSR count). The quantitative estimate of drug-likeness (QED) is 0.443. The number of alkyl halides is 4. The molecule has 1 amide bonds. The summed E-state index contributed by atoms with van der Waals surface area (Å²) in [6, 6.07) is 6.85. The highest BCUT2D eigenvalue weighted by atomic mass is 35.5. The summed E-state index contributed by atoms with van der Waals surface area (Å²) in [5, 5.41) is 0. The number of halogens is 4. The molecule has 0 aliphatic carbocycles. The second-order valence-corrected chi connectivity index (χ2v) is 8.20. The third-order valence-corrected chi connectivity index (χ3v) is 5.92. The lowest BCUT2D eigenvalue weighted by atomic mass is 10.2. The van der Waals surface area contributed by atoms with E-state index in [1.807, 2.05) is 0 Å². The minimum Gasteiger partial charge on any atom is -0.404 e. The predicted molar refractivity (Wildman–Crippen MR) is 78.4 cm³/mol. The molecule has 18 heavy (non-hydrogen) atoms. The standard InChI is InChI=1S/C9H5Cl4NO2S2/c10-8(11)9(12,13)17-14-7(15)5-3-1-2-4-6(5)16-18-14/h1-4,8H. The van der Waals surface area contributed by atoms with Crippen molar-refractivity contribution in [3.05, 3.63) is 29.8 Å². The van der Waals surface area contributed by atoms with E-state index in [1.165, 1.54) is 3.71 Å². The van der Waals surface area contributed by atoms with Gasteiger partial charge in [-0.2, -0.15) is 3.71 Å². The Kier molecular flexibility index (Phi) is 4.73. The molecule has 98 valence electrons. The Morgan fingerprint density at radius 3 is 2.67 bits per heavy atom. The Bertz CT molecular complexity index is 472. The van der Waals surface area contributed by atoms with Crippen LogP contribution in [-0.2, 0) is 0 Å². The first-order chi connectivity index (χ1) is 8.42. The maximum atomic E-state index is 12.1. The lowest BCUT2D eigenvalue weighted by Gasteiger charge is -2.29. The van der Waals surface area contributed by atoms with Crippen molar-refractivity contribution < 1.29 is 8.98 Å². The third-order valence-electron chi connectivity index (χ3n) is 1.94. The summed E-state index contributed by atoms with van der Waals surface area (Å²) in [4.78, 5) is 11.1. The van der Waals surface area contributed by atoms with Crippen LogP contribution in [-0.4, -0.2) is 18.1 Å². The van der Waals surface area contributed by atoms with Crippen molar-refractivity contribution in [2.24, 2.45) is 0 Å². The Labute approximate surface area is 132 Å². The van der Waals surface area contributed by atoms with Crippen molar-refractivity contribution in [1.82, 2.24) is 3.71 Å². The second kappa shape index (κ2) is 5.77. The maximum Gasteiger partial charge on any atom is 0.280 e. The van der Waals surface area contributed by atoms with E-state index < -0.39 is 8.50 Å². The molecule has 0 aromatic heterocycles. The van der Waals surface area contributed by atoms with Gasteiger partial charge in [0.25, 0.3) is 5.91 Å². The average molecular weight is 365 g/mol. The van der Waals surface area contributed by atoms with Gasteiger partial charge in [0.1, 0.15) is 0 Å². The number of nitrogens with zero attached hydrogens (tertiary/aromatic N) is 1. The smallest absolute Gasteiger partial charge is 0.280 e. The molecular formula is C9H5Cl4NO2S2. The zero-order valence-corrected chi connectivity index (χ0v) is 13.1. The van der Waals surface area contributed by atoms with Gasteiger partial charge in [0.15, 0.2) is 22.8 Å². The summed E-state index contributed by atoms with van der Waals surface area (Å²) < 4.78 is 4.98. The van der Waals surface area contributed by atoms with Gasteiger partial charge >= 0.3 is 0 Å². The number of fused-ring (bicyclic) bond motifs is 1. The Balaban J connectivity index is 2.18. The molecular weight excluding hydrogens is 360 g/mol. The van der Waals surface area contributed by atoms with Crippen LogP contribution in [0, 0.1) is 0 Å². The number of rotatable bonds is 3. The number of carbonyl (C=O) groups is 1. The lowest BCUT2D eigenvalue weighted by molar-refractivity contribution is 0.0923. The van der Waals surface area contributed by atoms with Crippen molar-refractivity contribution in [2.75, 3.05) is 0 Å². The molecule has 1 aromatic carbocycles. The Hall–Kier alpha value is 0.350. The molecule has 0 saturated heterocycles. The van der Waals surface area contributed by atoms with Crippen molar-refractivity contribution in [1.29, 1.82) is 0 Å². The fourth-order valence-electron chi connectivity index (χ4n) is 1.13. The van der Waals surface area contributed by atoms with Crippen LogP contribution in [0.3, 0.4) is 0 Å². The van der Waals surface area contributed by atoms with Crippen LogP contribution >= 0.6 is 70.6 Å². The zero-order valence-electron chi connectivity index (χ0n) is 8.48. The second-order valence-electron chi connectivity index (χ2n) is 3.17. The SMILES string of the molecule is O=C1c2ccccc2OSN1SC(Cl)(Cl)C(Cl)Cl. The molecule has 1 aromatic rings. The molecule has 0 saturated carbocycles. The van der Waals surface area contributed by atoms with Crippen LogP contribution in [0.5, 0.6) is 5.75 Å². The summed E-state index contributed by atoms with van der Waals surface area (Å²) in [7, 11) is 0. The van der Waals surface area contributed by atoms with Crippen LogP contribution in [0.2, 0.25) is 0 Å². The van der Waals surface area contributed by atoms with Crippen molar-refractivity contribution >= 4 is 76.5 Å². The number of hydrogen-bond donors (Lipinski definition) is 0. The predicted octanol–water partition coefficient (Wildman–Crippen LogP) is 4.67. The third kappa shape index (κ3) is 3.08. The molecule has 0 N–H and O–H groups in total. The topological polar surface area (TPSA) is 29.5 Å². The van der Waals surface area contributed by atoms with E-state index in [0.717, 1.165) is 24.2 Å². The van der Waals surface area contributed by atoms with Gasteiger partial charge in [0.2, 0.25) is 3.67 Å². The first kappa shape index (κ1) is 14.8. The van der Waals surface area contributed by atoms with Gasteiger partial charge in [0, 0.05) is 11.9 Å². The van der Waals surface area contributed by atoms with E-state index in [9.17, 15) is 4.79 Å². The number of para-hydroxylation sites is 1. The maximum absolute atomic E-state index is 12.1. The number of benzene rings is 1. The molecule has 1 aliphatic rings. The van der Waals surface area contributed by atoms with Gasteiger partial charge in [-0.1, -0.05) is 35.3 Å². The highest BCUT2D eigenvalue weighted by molar-refractivity contribution is 8.13. The van der Waals surface area contributed by atoms with Gasteiger partial charge in [0.05, 0.1) is 5.56 Å². The summed E-state index contributed by atoms with van der Waals surface area (Å²) in [6.07, 6.45) is 0. The van der Waals surface area contributed by atoms with Crippen LogP contribution in [0.15, 0.2) is 24.3 Å². The average Bonchev–Trinajstić information content (AvgIpc) is 2.33. The molecule has 0 radical (unpaired) electrons. The summed E-state index contributed by atoms with van der Waals surface area (Å²) in [5.41, 5.74) is 0.425. The number of carbonyl (C=O) groups excluding carboxylic acids is 1. The van der Waals surface area contributed by atoms with E-state index in [4.69, 9.17) is 50.6 Å². The first-order valence-corrected chi connectivity index (χ1v) is 7.65. The normalized spacial score (nSPS) is 15.6. The fourth-order valence-corrected chi connectivity index (χ4v) is 3.53. The van der Waals surface area contributed by atoms with Gasteiger partial charge < -0.3 is 4.18 Å². The molecule has 1 heterocycles. The zero-order chi connectivity index (χ0) is 13.3. The minimum atomic E-state index is -1.54. The van der Waals surface area contributed by atoms with Crippen LogP contribution < -0.4 is 4.18 Å². The molecule has 0 fully saturated rings. The lowest BCUT2D eigenvalue weighted by Crippen LogP contribution is -2.30. The van der Waals surface area contributed by atoms with Crippen LogP contribution in [0.1, 0.15) is 10.4 Å². The highest BCUT2D eigenvalue weighted by Gasteiger charge is 2.40. The van der Waals surface area contributed by atoms with E-state index in [2.05, 4.69) is 0 Å². The molecule has 0 bridgehead atoms. The van der Waals surface area contributed by atoms with Crippen LogP contribution in [0.4, 0.5) is 0 Å². The number of amides is 1. The Morgan fingerprint density at radius 2 is 2.00 bits per heavy atom. The van der Waals surface area contributed by atoms with E-state index in [-0.39, 0.29) is 5.91 Å². The summed E-state index contributed by atoms with van der Waals surface area (Å²) >= 11 is 24.7. The fraction of sp³-hybridized carbons (Fsp3) is 0.222. The monoisotopic (exact) mass is 363 g/mol. The largest absolute Gasteiger partial charge is 0.404 e. The summed E-state index contributed by atoms with van der Waals surface area (Å²) in [6.45, 7) is 0. The molecule has 9 heteroatoms. The van der Waals surface area contributed by atoms with Gasteiger partial charge in [-0.3, -0.25) is 4.79 Å². The van der Waals surface area contributed by atoms with Crippen molar-refractivity contribution in [2.45, 2.75) is 8.50 Å². The minimum absolute atomic E-state index is 0.286. The molecule has 1 aliphatic heterocycles. The van der Waals surface area contributed by atoms with E-state index in [0.29, 0.717) is 11.3 Å². The summed E-state index contributed by atoms with van der Waals surface area (Å²) in [5.74, 6) is 0.207. The molecule has 3 nitrogen and oxygen atoms in total. The van der Waals surface area contributed by atoms with E-state index >= 15 is 0 Å². The molecule has 0 atom stereocenters. The molecule has 0 spiro atoms. The highest BCUT2D eigenvalue weighted by Crippen LogP contribution is 2.48. The van der Waals surface area contributed by atoms with Gasteiger partial charge in [-0.15, -0.1) is 23.2 Å². The van der Waals surface area contributed by atoms with Crippen LogP contribution in [0.25, 0.3) is 0 Å².